The molecule has 24 heavy (non-hydrogen) atoms. The summed E-state index contributed by atoms with van der Waals surface area (Å²) in [6.45, 7) is 4.94. The summed E-state index contributed by atoms with van der Waals surface area (Å²) < 4.78 is 27.6. The number of hydrogen-bond donors (Lipinski definition) is 0. The molecule has 1 amide bonds. The van der Waals surface area contributed by atoms with Gasteiger partial charge in [-0.25, -0.2) is 13.0 Å². The van der Waals surface area contributed by atoms with Crippen molar-refractivity contribution in [3.63, 3.8) is 0 Å². The van der Waals surface area contributed by atoms with Gasteiger partial charge < -0.3 is 4.90 Å². The Labute approximate surface area is 142 Å². The summed E-state index contributed by atoms with van der Waals surface area (Å²) >= 11 is 0. The molecule has 134 valence electrons. The Hall–Kier alpha value is -1.48. The van der Waals surface area contributed by atoms with Gasteiger partial charge in [-0.1, -0.05) is 10.3 Å². The Kier molecular flexibility index (Phi) is 4.91. The molecule has 0 saturated carbocycles. The molecule has 2 saturated heterocycles. The van der Waals surface area contributed by atoms with Crippen LogP contribution < -0.4 is 0 Å². The van der Waals surface area contributed by atoms with E-state index in [1.54, 1.807) is 0 Å². The van der Waals surface area contributed by atoms with Gasteiger partial charge >= 0.3 is 0 Å². The Morgan fingerprint density at radius 1 is 1.25 bits per heavy atom. The number of piperidine rings is 1. The summed E-state index contributed by atoms with van der Waals surface area (Å²) in [5.74, 6) is 0.139. The molecular weight excluding hydrogens is 332 g/mol. The van der Waals surface area contributed by atoms with E-state index in [4.69, 9.17) is 4.63 Å². The van der Waals surface area contributed by atoms with Crippen LogP contribution in [0, 0.1) is 12.8 Å². The monoisotopic (exact) mass is 356 g/mol. The zero-order valence-electron chi connectivity index (χ0n) is 14.1. The number of likely N-dealkylation sites (tertiary alicyclic amines) is 2. The van der Waals surface area contributed by atoms with E-state index in [1.165, 1.54) is 6.26 Å². The molecule has 0 radical (unpaired) electrons. The van der Waals surface area contributed by atoms with Crippen LogP contribution in [0.25, 0.3) is 0 Å². The van der Waals surface area contributed by atoms with Crippen molar-refractivity contribution in [3.05, 3.63) is 11.4 Å². The molecule has 0 N–H and O–H groups in total. The third kappa shape index (κ3) is 4.13. The standard InChI is InChI=1S/C15H24N4O4S/c1-11-14(17-23-16-11)9-18-5-3-13(4-6-18)19-8-12(7-15(19)20)10-24(2,21)22/h12-13H,3-10H2,1-2H3. The van der Waals surface area contributed by atoms with Gasteiger partial charge in [-0.05, 0) is 25.7 Å². The molecule has 1 unspecified atom stereocenters. The van der Waals surface area contributed by atoms with Gasteiger partial charge in [0.1, 0.15) is 21.2 Å². The maximum atomic E-state index is 12.2. The predicted molar refractivity (Wildman–Crippen MR) is 86.9 cm³/mol. The average Bonchev–Trinajstić information content (AvgIpc) is 3.04. The Morgan fingerprint density at radius 2 is 1.96 bits per heavy atom. The summed E-state index contributed by atoms with van der Waals surface area (Å²) in [6.07, 6.45) is 3.40. The van der Waals surface area contributed by atoms with E-state index in [-0.39, 0.29) is 23.6 Å². The van der Waals surface area contributed by atoms with Crippen LogP contribution in [-0.4, -0.2) is 72.1 Å². The molecule has 0 bridgehead atoms. The second-order valence-electron chi connectivity index (χ2n) is 7.01. The van der Waals surface area contributed by atoms with Crippen molar-refractivity contribution in [1.82, 2.24) is 20.1 Å². The molecule has 3 rings (SSSR count). The molecule has 0 aliphatic carbocycles. The lowest BCUT2D eigenvalue weighted by Crippen LogP contribution is -2.45. The number of nitrogens with zero attached hydrogens (tertiary/aromatic N) is 4. The topological polar surface area (TPSA) is 96.6 Å². The molecule has 3 heterocycles. The van der Waals surface area contributed by atoms with E-state index < -0.39 is 9.84 Å². The van der Waals surface area contributed by atoms with E-state index in [0.717, 1.165) is 37.3 Å². The van der Waals surface area contributed by atoms with Crippen LogP contribution in [0.5, 0.6) is 0 Å². The molecule has 8 nitrogen and oxygen atoms in total. The molecule has 0 spiro atoms. The largest absolute Gasteiger partial charge is 0.339 e. The second kappa shape index (κ2) is 6.79. The molecular formula is C15H24N4O4S. The lowest BCUT2D eigenvalue weighted by atomic mass is 10.0. The van der Waals surface area contributed by atoms with Gasteiger partial charge in [0.15, 0.2) is 0 Å². The Bertz CT molecular complexity index is 694. The molecule has 9 heteroatoms. The van der Waals surface area contributed by atoms with Crippen LogP contribution in [0.3, 0.4) is 0 Å². The summed E-state index contributed by atoms with van der Waals surface area (Å²) in [7, 11) is -3.04. The summed E-state index contributed by atoms with van der Waals surface area (Å²) in [6, 6.07) is 0.217. The van der Waals surface area contributed by atoms with Gasteiger partial charge in [0, 0.05) is 44.9 Å². The highest BCUT2D eigenvalue weighted by Gasteiger charge is 2.37. The second-order valence-corrected chi connectivity index (χ2v) is 9.20. The fourth-order valence-corrected chi connectivity index (χ4v) is 4.77. The van der Waals surface area contributed by atoms with Crippen LogP contribution in [0.1, 0.15) is 30.7 Å². The van der Waals surface area contributed by atoms with E-state index >= 15 is 0 Å². The number of rotatable bonds is 5. The maximum absolute atomic E-state index is 12.2. The highest BCUT2D eigenvalue weighted by atomic mass is 32.2. The van der Waals surface area contributed by atoms with Crippen LogP contribution in [0.2, 0.25) is 0 Å². The van der Waals surface area contributed by atoms with Gasteiger partial charge in [-0.3, -0.25) is 9.69 Å². The van der Waals surface area contributed by atoms with Crippen LogP contribution in [-0.2, 0) is 21.2 Å². The molecule has 2 aliphatic heterocycles. The third-order valence-corrected chi connectivity index (χ3v) is 5.97. The summed E-state index contributed by atoms with van der Waals surface area (Å²) in [4.78, 5) is 16.4. The highest BCUT2D eigenvalue weighted by molar-refractivity contribution is 7.90. The first-order valence-electron chi connectivity index (χ1n) is 8.29. The van der Waals surface area contributed by atoms with Gasteiger partial charge in [-0.2, -0.15) is 0 Å². The lowest BCUT2D eigenvalue weighted by Gasteiger charge is -2.36. The van der Waals surface area contributed by atoms with E-state index in [0.29, 0.717) is 19.5 Å². The number of aryl methyl sites for hydroxylation is 1. The first-order valence-corrected chi connectivity index (χ1v) is 10.4. The van der Waals surface area contributed by atoms with Crippen molar-refractivity contribution in [3.8, 4) is 0 Å². The number of hydrogen-bond acceptors (Lipinski definition) is 7. The Balaban J connectivity index is 1.51. The van der Waals surface area contributed by atoms with E-state index in [1.807, 2.05) is 11.8 Å². The smallest absolute Gasteiger partial charge is 0.223 e. The molecule has 2 fully saturated rings. The minimum atomic E-state index is -3.04. The Morgan fingerprint density at radius 3 is 2.54 bits per heavy atom. The normalized spacial score (nSPS) is 24.0. The van der Waals surface area contributed by atoms with E-state index in [2.05, 4.69) is 15.2 Å². The third-order valence-electron chi connectivity index (χ3n) is 4.89. The summed E-state index contributed by atoms with van der Waals surface area (Å²) in [5.41, 5.74) is 1.68. The van der Waals surface area contributed by atoms with E-state index in [9.17, 15) is 13.2 Å². The molecule has 1 atom stereocenters. The van der Waals surface area contributed by atoms with Gasteiger partial charge in [0.2, 0.25) is 5.91 Å². The lowest BCUT2D eigenvalue weighted by molar-refractivity contribution is -0.130. The highest BCUT2D eigenvalue weighted by Crippen LogP contribution is 2.26. The number of carbonyl (C=O) groups is 1. The van der Waals surface area contributed by atoms with Crippen molar-refractivity contribution in [1.29, 1.82) is 0 Å². The fourth-order valence-electron chi connectivity index (χ4n) is 3.70. The molecule has 2 aliphatic rings. The van der Waals surface area contributed by atoms with Gasteiger partial charge in [-0.15, -0.1) is 0 Å². The maximum Gasteiger partial charge on any atom is 0.223 e. The number of amides is 1. The van der Waals surface area contributed by atoms with Gasteiger partial charge in [0.05, 0.1) is 5.75 Å². The van der Waals surface area contributed by atoms with Crippen LogP contribution in [0.15, 0.2) is 4.63 Å². The van der Waals surface area contributed by atoms with Crippen LogP contribution in [0.4, 0.5) is 0 Å². The van der Waals surface area contributed by atoms with Crippen LogP contribution >= 0.6 is 0 Å². The minimum Gasteiger partial charge on any atom is -0.339 e. The van der Waals surface area contributed by atoms with Crippen molar-refractivity contribution >= 4 is 15.7 Å². The number of carbonyl (C=O) groups excluding carboxylic acids is 1. The quantitative estimate of drug-likeness (QED) is 0.745. The average molecular weight is 356 g/mol. The first-order chi connectivity index (χ1) is 11.3. The van der Waals surface area contributed by atoms with Crippen molar-refractivity contribution in [2.75, 3.05) is 31.6 Å². The SMILES string of the molecule is Cc1nonc1CN1CCC(N2CC(CS(C)(=O)=O)CC2=O)CC1. The van der Waals surface area contributed by atoms with Crippen molar-refractivity contribution < 1.29 is 17.8 Å². The molecule has 1 aromatic rings. The van der Waals surface area contributed by atoms with Gasteiger partial charge in [0.25, 0.3) is 0 Å². The first kappa shape index (κ1) is 17.3. The van der Waals surface area contributed by atoms with Crippen molar-refractivity contribution in [2.24, 2.45) is 5.92 Å². The van der Waals surface area contributed by atoms with Crippen molar-refractivity contribution in [2.45, 2.75) is 38.8 Å². The predicted octanol–water partition coefficient (Wildman–Crippen LogP) is 0.236. The summed E-state index contributed by atoms with van der Waals surface area (Å²) in [5, 5.41) is 7.71. The number of sulfone groups is 1. The number of aromatic nitrogens is 2. The molecule has 1 aromatic heterocycles. The molecule has 0 aromatic carbocycles. The fraction of sp³-hybridized carbons (Fsp3) is 0.800. The zero-order valence-corrected chi connectivity index (χ0v) is 15.0. The zero-order chi connectivity index (χ0) is 17.3. The minimum absolute atomic E-state index is 0.0608.